The highest BCUT2D eigenvalue weighted by atomic mass is 32.2. The molecule has 16 heavy (non-hydrogen) atoms. The number of hydrogen-bond acceptors (Lipinski definition) is 4. The van der Waals surface area contributed by atoms with Crippen LogP contribution in [0.1, 0.15) is 24.9 Å². The number of hydrogen-bond donors (Lipinski definition) is 1. The molecule has 1 atom stereocenters. The number of nitrogens with one attached hydrogen (secondary N) is 1. The fraction of sp³-hybridized carbons (Fsp3) is 0.667. The first-order valence-electron chi connectivity index (χ1n) is 5.55. The molecule has 0 radical (unpaired) electrons. The number of methoxy groups -OCH3 is 1. The second kappa shape index (κ2) is 7.76. The van der Waals surface area contributed by atoms with Gasteiger partial charge in [0, 0.05) is 13.2 Å². The first kappa shape index (κ1) is 13.6. The lowest BCUT2D eigenvalue weighted by Crippen LogP contribution is -2.25. The zero-order valence-electron chi connectivity index (χ0n) is 10.3. The normalized spacial score (nSPS) is 12.9. The Bertz CT molecular complexity index is 288. The van der Waals surface area contributed by atoms with Crippen LogP contribution < -0.4 is 5.32 Å². The van der Waals surface area contributed by atoms with Crippen molar-refractivity contribution in [2.45, 2.75) is 32.5 Å². The van der Waals surface area contributed by atoms with E-state index in [0.29, 0.717) is 12.6 Å². The van der Waals surface area contributed by atoms with Gasteiger partial charge in [-0.15, -0.1) is 0 Å². The highest BCUT2D eigenvalue weighted by Crippen LogP contribution is 2.09. The van der Waals surface area contributed by atoms with E-state index in [0.717, 1.165) is 18.1 Å². The van der Waals surface area contributed by atoms with E-state index in [1.54, 1.807) is 7.11 Å². The molecule has 1 aromatic heterocycles. The van der Waals surface area contributed by atoms with Crippen LogP contribution in [0.4, 0.5) is 0 Å². The summed E-state index contributed by atoms with van der Waals surface area (Å²) in [6.45, 7) is 3.54. The van der Waals surface area contributed by atoms with Crippen molar-refractivity contribution in [3.63, 3.8) is 0 Å². The van der Waals surface area contributed by atoms with Crippen LogP contribution in [0.5, 0.6) is 0 Å². The van der Waals surface area contributed by atoms with E-state index < -0.39 is 0 Å². The van der Waals surface area contributed by atoms with Crippen LogP contribution in [-0.2, 0) is 17.9 Å². The highest BCUT2D eigenvalue weighted by molar-refractivity contribution is 7.98. The monoisotopic (exact) mass is 243 g/mol. The van der Waals surface area contributed by atoms with Gasteiger partial charge in [0.2, 0.25) is 0 Å². The summed E-state index contributed by atoms with van der Waals surface area (Å²) in [6, 6.07) is 4.50. The molecule has 0 fully saturated rings. The number of thioether (sulfide) groups is 1. The fourth-order valence-corrected chi connectivity index (χ4v) is 2.00. The fourth-order valence-electron chi connectivity index (χ4n) is 1.41. The average molecular weight is 243 g/mol. The third-order valence-electron chi connectivity index (χ3n) is 2.38. The quantitative estimate of drug-likeness (QED) is 0.761. The zero-order valence-corrected chi connectivity index (χ0v) is 11.1. The third kappa shape index (κ3) is 5.05. The lowest BCUT2D eigenvalue weighted by atomic mass is 10.2. The predicted octanol–water partition coefficient (Wildman–Crippen LogP) is 2.66. The highest BCUT2D eigenvalue weighted by Gasteiger charge is 2.04. The van der Waals surface area contributed by atoms with Crippen molar-refractivity contribution in [3.05, 3.63) is 23.7 Å². The van der Waals surface area contributed by atoms with Crippen molar-refractivity contribution in [2.24, 2.45) is 0 Å². The molecule has 1 N–H and O–H groups in total. The lowest BCUT2D eigenvalue weighted by Gasteiger charge is -2.11. The van der Waals surface area contributed by atoms with E-state index >= 15 is 0 Å². The second-order valence-corrected chi connectivity index (χ2v) is 4.85. The minimum absolute atomic E-state index is 0.531. The third-order valence-corrected chi connectivity index (χ3v) is 3.03. The van der Waals surface area contributed by atoms with Gasteiger partial charge in [-0.3, -0.25) is 0 Å². The van der Waals surface area contributed by atoms with Crippen molar-refractivity contribution in [1.29, 1.82) is 0 Å². The first-order valence-corrected chi connectivity index (χ1v) is 6.94. The van der Waals surface area contributed by atoms with Crippen molar-refractivity contribution in [3.8, 4) is 0 Å². The van der Waals surface area contributed by atoms with E-state index in [-0.39, 0.29) is 0 Å². The molecule has 0 bridgehead atoms. The van der Waals surface area contributed by atoms with Crippen molar-refractivity contribution < 1.29 is 9.15 Å². The molecule has 1 heterocycles. The van der Waals surface area contributed by atoms with Crippen LogP contribution in [0.25, 0.3) is 0 Å². The Balaban J connectivity index is 2.25. The summed E-state index contributed by atoms with van der Waals surface area (Å²) >= 11 is 1.88. The maximum atomic E-state index is 5.59. The van der Waals surface area contributed by atoms with Gasteiger partial charge in [-0.1, -0.05) is 0 Å². The molecule has 0 aromatic carbocycles. The standard InChI is InChI=1S/C12H21NO2S/c1-10(6-7-16-3)13-8-11-4-5-12(15-11)9-14-2/h4-5,10,13H,6-9H2,1-3H3. The van der Waals surface area contributed by atoms with Crippen molar-refractivity contribution in [2.75, 3.05) is 19.1 Å². The Morgan fingerprint density at radius 2 is 2.19 bits per heavy atom. The largest absolute Gasteiger partial charge is 0.462 e. The number of furan rings is 1. The summed E-state index contributed by atoms with van der Waals surface area (Å²) in [6.07, 6.45) is 3.32. The summed E-state index contributed by atoms with van der Waals surface area (Å²) < 4.78 is 10.6. The van der Waals surface area contributed by atoms with Gasteiger partial charge in [0.05, 0.1) is 6.54 Å². The van der Waals surface area contributed by atoms with E-state index in [1.807, 2.05) is 23.9 Å². The molecule has 0 aliphatic rings. The first-order chi connectivity index (χ1) is 7.76. The zero-order chi connectivity index (χ0) is 11.8. The van der Waals surface area contributed by atoms with E-state index in [1.165, 1.54) is 12.2 Å². The molecular weight excluding hydrogens is 222 g/mol. The maximum absolute atomic E-state index is 5.59. The van der Waals surface area contributed by atoms with Crippen LogP contribution in [-0.4, -0.2) is 25.2 Å². The van der Waals surface area contributed by atoms with Crippen molar-refractivity contribution >= 4 is 11.8 Å². The van der Waals surface area contributed by atoms with E-state index in [4.69, 9.17) is 9.15 Å². The molecule has 1 unspecified atom stereocenters. The molecule has 0 saturated heterocycles. The molecule has 0 saturated carbocycles. The maximum Gasteiger partial charge on any atom is 0.129 e. The van der Waals surface area contributed by atoms with Gasteiger partial charge in [0.15, 0.2) is 0 Å². The minimum atomic E-state index is 0.531. The van der Waals surface area contributed by atoms with Gasteiger partial charge in [-0.05, 0) is 37.5 Å². The Kier molecular flexibility index (Phi) is 6.61. The Labute approximate surface area is 102 Å². The van der Waals surface area contributed by atoms with Crippen LogP contribution in [0.2, 0.25) is 0 Å². The Morgan fingerprint density at radius 3 is 2.88 bits per heavy atom. The molecule has 0 aliphatic heterocycles. The molecule has 92 valence electrons. The van der Waals surface area contributed by atoms with E-state index in [2.05, 4.69) is 18.5 Å². The van der Waals surface area contributed by atoms with Gasteiger partial charge < -0.3 is 14.5 Å². The number of ether oxygens (including phenoxy) is 1. The molecule has 1 aromatic rings. The smallest absolute Gasteiger partial charge is 0.129 e. The summed E-state index contributed by atoms with van der Waals surface area (Å²) in [4.78, 5) is 0. The minimum Gasteiger partial charge on any atom is -0.462 e. The van der Waals surface area contributed by atoms with Crippen molar-refractivity contribution in [1.82, 2.24) is 5.32 Å². The van der Waals surface area contributed by atoms with Gasteiger partial charge in [0.25, 0.3) is 0 Å². The lowest BCUT2D eigenvalue weighted by molar-refractivity contribution is 0.162. The van der Waals surface area contributed by atoms with Gasteiger partial charge in [-0.25, -0.2) is 0 Å². The SMILES string of the molecule is COCc1ccc(CNC(C)CCSC)o1. The van der Waals surface area contributed by atoms with Gasteiger partial charge in [-0.2, -0.15) is 11.8 Å². The van der Waals surface area contributed by atoms with Gasteiger partial charge >= 0.3 is 0 Å². The molecular formula is C12H21NO2S. The van der Waals surface area contributed by atoms with E-state index in [9.17, 15) is 0 Å². The summed E-state index contributed by atoms with van der Waals surface area (Å²) in [5.41, 5.74) is 0. The summed E-state index contributed by atoms with van der Waals surface area (Å²) in [7, 11) is 1.67. The number of rotatable bonds is 8. The molecule has 4 heteroatoms. The summed E-state index contributed by atoms with van der Waals surface area (Å²) in [5.74, 6) is 3.06. The molecule has 1 rings (SSSR count). The van der Waals surface area contributed by atoms with Crippen LogP contribution in [0.15, 0.2) is 16.5 Å². The van der Waals surface area contributed by atoms with Crippen LogP contribution >= 0.6 is 11.8 Å². The second-order valence-electron chi connectivity index (χ2n) is 3.86. The Morgan fingerprint density at radius 1 is 1.44 bits per heavy atom. The average Bonchev–Trinajstić information content (AvgIpc) is 2.72. The predicted molar refractivity (Wildman–Crippen MR) is 68.7 cm³/mol. The molecule has 0 spiro atoms. The molecule has 0 aliphatic carbocycles. The van der Waals surface area contributed by atoms with Crippen LogP contribution in [0, 0.1) is 0 Å². The molecule has 3 nitrogen and oxygen atoms in total. The summed E-state index contributed by atoms with van der Waals surface area (Å²) in [5, 5.41) is 3.44. The molecule has 0 amide bonds. The van der Waals surface area contributed by atoms with Crippen LogP contribution in [0.3, 0.4) is 0 Å². The topological polar surface area (TPSA) is 34.4 Å². The Hall–Kier alpha value is -0.450. The van der Waals surface area contributed by atoms with Gasteiger partial charge in [0.1, 0.15) is 18.1 Å².